The summed E-state index contributed by atoms with van der Waals surface area (Å²) in [7, 11) is -7.71. The molecule has 0 bridgehead atoms. The average Bonchev–Trinajstić information content (AvgIpc) is 2.98. The van der Waals surface area contributed by atoms with Gasteiger partial charge in [0, 0.05) is 30.4 Å². The minimum Gasteiger partial charge on any atom is -0.280 e. The van der Waals surface area contributed by atoms with Gasteiger partial charge in [-0.3, -0.25) is 14.8 Å². The second-order valence-corrected chi connectivity index (χ2v) is 10.8. The molecule has 0 atom stereocenters. The molecule has 2 aromatic rings. The maximum atomic E-state index is 12.8. The van der Waals surface area contributed by atoms with Crippen molar-refractivity contribution in [3.8, 4) is 0 Å². The van der Waals surface area contributed by atoms with E-state index in [-0.39, 0.29) is 21.2 Å². The molecule has 0 radical (unpaired) electrons. The van der Waals surface area contributed by atoms with Crippen molar-refractivity contribution >= 4 is 31.4 Å². The molecule has 0 aliphatic carbocycles. The van der Waals surface area contributed by atoms with Gasteiger partial charge in [-0.25, -0.2) is 16.8 Å². The van der Waals surface area contributed by atoms with Crippen LogP contribution in [0.25, 0.3) is 0 Å². The largest absolute Gasteiger partial charge is 0.280 e. The van der Waals surface area contributed by atoms with Crippen LogP contribution in [0.4, 0.5) is 11.4 Å². The molecular formula is C19H23N3O6S2. The molecule has 0 saturated carbocycles. The first-order valence-corrected chi connectivity index (χ1v) is 12.4. The molecule has 1 saturated heterocycles. The maximum absolute atomic E-state index is 12.8. The van der Waals surface area contributed by atoms with E-state index in [1.54, 1.807) is 0 Å². The molecular weight excluding hydrogens is 430 g/mol. The highest BCUT2D eigenvalue weighted by Gasteiger charge is 2.25. The zero-order valence-electron chi connectivity index (χ0n) is 16.4. The number of rotatable bonds is 6. The summed E-state index contributed by atoms with van der Waals surface area (Å²) >= 11 is 0. The number of anilines is 1. The predicted octanol–water partition coefficient (Wildman–Crippen LogP) is 3.27. The van der Waals surface area contributed by atoms with Gasteiger partial charge in [0.2, 0.25) is 10.0 Å². The predicted molar refractivity (Wildman–Crippen MR) is 112 cm³/mol. The van der Waals surface area contributed by atoms with Gasteiger partial charge in [-0.2, -0.15) is 4.31 Å². The number of nitro benzene ring substituents is 1. The van der Waals surface area contributed by atoms with Crippen LogP contribution in [-0.4, -0.2) is 39.2 Å². The molecule has 9 nitrogen and oxygen atoms in total. The van der Waals surface area contributed by atoms with Gasteiger partial charge >= 0.3 is 0 Å². The second kappa shape index (κ2) is 8.70. The van der Waals surface area contributed by atoms with Crippen molar-refractivity contribution < 1.29 is 21.8 Å². The molecule has 0 unspecified atom stereocenters. The third kappa shape index (κ3) is 4.79. The second-order valence-electron chi connectivity index (χ2n) is 7.15. The van der Waals surface area contributed by atoms with Gasteiger partial charge in [-0.05, 0) is 50.1 Å². The number of nitro groups is 1. The van der Waals surface area contributed by atoms with Crippen LogP contribution in [0.5, 0.6) is 0 Å². The molecule has 30 heavy (non-hydrogen) atoms. The highest BCUT2D eigenvalue weighted by atomic mass is 32.2. The summed E-state index contributed by atoms with van der Waals surface area (Å²) in [6.45, 7) is 2.47. The first kappa shape index (κ1) is 22.2. The van der Waals surface area contributed by atoms with Crippen LogP contribution in [0.15, 0.2) is 52.3 Å². The molecule has 2 aromatic carbocycles. The van der Waals surface area contributed by atoms with E-state index in [0.29, 0.717) is 18.7 Å². The van der Waals surface area contributed by atoms with Crippen LogP contribution in [0.3, 0.4) is 0 Å². The molecule has 1 aliphatic rings. The van der Waals surface area contributed by atoms with E-state index in [4.69, 9.17) is 0 Å². The quantitative estimate of drug-likeness (QED) is 0.528. The Bertz CT molecular complexity index is 1140. The Hall–Kier alpha value is -2.50. The number of nitrogens with one attached hydrogen (secondary N) is 1. The Balaban J connectivity index is 1.81. The molecule has 0 aromatic heterocycles. The van der Waals surface area contributed by atoms with Gasteiger partial charge in [0.05, 0.1) is 14.7 Å². The van der Waals surface area contributed by atoms with E-state index in [9.17, 15) is 26.9 Å². The fourth-order valence-corrected chi connectivity index (χ4v) is 5.89. The highest BCUT2D eigenvalue weighted by Crippen LogP contribution is 2.25. The first-order chi connectivity index (χ1) is 14.1. The average molecular weight is 454 g/mol. The fraction of sp³-hybridized carbons (Fsp3) is 0.368. The third-order valence-corrected chi connectivity index (χ3v) is 8.29. The number of sulfonamides is 2. The molecule has 1 aliphatic heterocycles. The lowest BCUT2D eigenvalue weighted by atomic mass is 10.2. The highest BCUT2D eigenvalue weighted by molar-refractivity contribution is 7.92. The SMILES string of the molecule is Cc1ccc(S(=O)(=O)Nc2ccc(S(=O)(=O)N3CCCCCC3)cc2)cc1[N+](=O)[O-]. The van der Waals surface area contributed by atoms with Crippen LogP contribution in [0, 0.1) is 17.0 Å². The van der Waals surface area contributed by atoms with Gasteiger partial charge in [0.15, 0.2) is 0 Å². The molecule has 1 heterocycles. The Kier molecular flexibility index (Phi) is 6.44. The van der Waals surface area contributed by atoms with Gasteiger partial charge in [-0.15, -0.1) is 0 Å². The smallest absolute Gasteiger partial charge is 0.273 e. The van der Waals surface area contributed by atoms with Crippen LogP contribution in [0.2, 0.25) is 0 Å². The Morgan fingerprint density at radius 1 is 0.900 bits per heavy atom. The van der Waals surface area contributed by atoms with Gasteiger partial charge in [0.25, 0.3) is 15.7 Å². The fourth-order valence-electron chi connectivity index (χ4n) is 3.29. The molecule has 11 heteroatoms. The molecule has 0 amide bonds. The summed E-state index contributed by atoms with van der Waals surface area (Å²) < 4.78 is 54.6. The molecule has 162 valence electrons. The number of aryl methyl sites for hydroxylation is 1. The van der Waals surface area contributed by atoms with Crippen LogP contribution < -0.4 is 4.72 Å². The van der Waals surface area contributed by atoms with E-state index in [0.717, 1.165) is 31.7 Å². The van der Waals surface area contributed by atoms with E-state index in [2.05, 4.69) is 4.72 Å². The summed E-state index contributed by atoms with van der Waals surface area (Å²) in [6.07, 6.45) is 3.65. The van der Waals surface area contributed by atoms with Gasteiger partial charge in [0.1, 0.15) is 0 Å². The van der Waals surface area contributed by atoms with Crippen molar-refractivity contribution in [2.75, 3.05) is 17.8 Å². The number of nitrogens with zero attached hydrogens (tertiary/aromatic N) is 2. The summed E-state index contributed by atoms with van der Waals surface area (Å²) in [6, 6.07) is 9.09. The summed E-state index contributed by atoms with van der Waals surface area (Å²) in [5.41, 5.74) is 0.215. The van der Waals surface area contributed by atoms with E-state index >= 15 is 0 Å². The number of hydrogen-bond donors (Lipinski definition) is 1. The molecule has 0 spiro atoms. The minimum atomic E-state index is -4.07. The topological polar surface area (TPSA) is 127 Å². The Morgan fingerprint density at radius 3 is 2.03 bits per heavy atom. The molecule has 1 fully saturated rings. The number of hydrogen-bond acceptors (Lipinski definition) is 6. The maximum Gasteiger partial charge on any atom is 0.273 e. The Morgan fingerprint density at radius 2 is 1.47 bits per heavy atom. The standard InChI is InChI=1S/C19H23N3O6S2/c1-15-6-9-18(14-19(15)22(23)24)29(25,26)20-16-7-10-17(11-8-16)30(27,28)21-12-4-2-3-5-13-21/h6-11,14,20H,2-5,12-13H2,1H3. The first-order valence-electron chi connectivity index (χ1n) is 9.49. The van der Waals surface area contributed by atoms with E-state index < -0.39 is 25.0 Å². The number of benzene rings is 2. The zero-order valence-corrected chi connectivity index (χ0v) is 18.1. The molecule has 1 N–H and O–H groups in total. The third-order valence-electron chi connectivity index (χ3n) is 5.00. The van der Waals surface area contributed by atoms with Crippen molar-refractivity contribution in [3.63, 3.8) is 0 Å². The van der Waals surface area contributed by atoms with Crippen molar-refractivity contribution in [2.45, 2.75) is 42.4 Å². The summed E-state index contributed by atoms with van der Waals surface area (Å²) in [5.74, 6) is 0. The van der Waals surface area contributed by atoms with Crippen molar-refractivity contribution in [1.29, 1.82) is 0 Å². The van der Waals surface area contributed by atoms with Crippen molar-refractivity contribution in [1.82, 2.24) is 4.31 Å². The lowest BCUT2D eigenvalue weighted by molar-refractivity contribution is -0.385. The molecule has 3 rings (SSSR count). The monoisotopic (exact) mass is 453 g/mol. The lowest BCUT2D eigenvalue weighted by Gasteiger charge is -2.20. The minimum absolute atomic E-state index is 0.0957. The normalized spacial score (nSPS) is 16.0. The lowest BCUT2D eigenvalue weighted by Crippen LogP contribution is -2.31. The zero-order chi connectivity index (χ0) is 21.9. The van der Waals surface area contributed by atoms with Crippen molar-refractivity contribution in [3.05, 3.63) is 58.1 Å². The van der Waals surface area contributed by atoms with Crippen LogP contribution in [0.1, 0.15) is 31.2 Å². The van der Waals surface area contributed by atoms with E-state index in [1.807, 2.05) is 0 Å². The van der Waals surface area contributed by atoms with Crippen LogP contribution >= 0.6 is 0 Å². The summed E-state index contributed by atoms with van der Waals surface area (Å²) in [4.78, 5) is 10.3. The summed E-state index contributed by atoms with van der Waals surface area (Å²) in [5, 5.41) is 11.1. The van der Waals surface area contributed by atoms with Crippen molar-refractivity contribution in [2.24, 2.45) is 0 Å². The van der Waals surface area contributed by atoms with Gasteiger partial charge in [-0.1, -0.05) is 18.9 Å². The van der Waals surface area contributed by atoms with E-state index in [1.165, 1.54) is 47.6 Å². The van der Waals surface area contributed by atoms with Gasteiger partial charge < -0.3 is 0 Å². The Labute approximate surface area is 176 Å². The van der Waals surface area contributed by atoms with Crippen LogP contribution in [-0.2, 0) is 20.0 Å².